The van der Waals surface area contributed by atoms with Gasteiger partial charge >= 0.3 is 0 Å². The van der Waals surface area contributed by atoms with E-state index in [-0.39, 0.29) is 11.3 Å². The zero-order valence-electron chi connectivity index (χ0n) is 23.5. The first-order valence-electron chi connectivity index (χ1n) is 13.7. The largest absolute Gasteiger partial charge is 0.489 e. The molecule has 0 saturated carbocycles. The zero-order valence-corrected chi connectivity index (χ0v) is 25.0. The Bertz CT molecular complexity index is 1500. The van der Waals surface area contributed by atoms with Crippen LogP contribution < -0.4 is 10.1 Å². The van der Waals surface area contributed by atoms with Gasteiger partial charge in [-0.05, 0) is 103 Å². The van der Waals surface area contributed by atoms with Gasteiger partial charge in [-0.15, -0.1) is 11.3 Å². The summed E-state index contributed by atoms with van der Waals surface area (Å²) < 4.78 is 5.95. The molecule has 0 fully saturated rings. The van der Waals surface area contributed by atoms with E-state index in [1.807, 2.05) is 42.6 Å². The highest BCUT2D eigenvalue weighted by Gasteiger charge is 2.33. The molecule has 1 aliphatic rings. The van der Waals surface area contributed by atoms with Crippen molar-refractivity contribution in [3.8, 4) is 5.75 Å². The first-order valence-corrected chi connectivity index (χ1v) is 14.9. The van der Waals surface area contributed by atoms with Crippen LogP contribution in [0.4, 0.5) is 10.7 Å². The number of aliphatic imine (C=N–C) groups is 1. The molecule has 4 aromatic rings. The van der Waals surface area contributed by atoms with Crippen LogP contribution in [0.1, 0.15) is 64.7 Å². The fraction of sp³-hybridized carbons (Fsp3) is 0.294. The predicted octanol–water partition coefficient (Wildman–Crippen LogP) is 9.44. The predicted molar refractivity (Wildman–Crippen MR) is 168 cm³/mol. The Morgan fingerprint density at radius 2 is 1.75 bits per heavy atom. The average molecular weight is 571 g/mol. The van der Waals surface area contributed by atoms with Crippen molar-refractivity contribution in [1.82, 2.24) is 0 Å². The highest BCUT2D eigenvalue weighted by Crippen LogP contribution is 2.45. The molecule has 1 atom stereocenters. The van der Waals surface area contributed by atoms with Crippen molar-refractivity contribution in [2.75, 3.05) is 5.32 Å². The Labute approximate surface area is 246 Å². The number of halogens is 1. The Morgan fingerprint density at radius 3 is 2.42 bits per heavy atom. The number of benzene rings is 3. The number of anilines is 1. The molecule has 0 unspecified atom stereocenters. The molecule has 0 saturated heterocycles. The van der Waals surface area contributed by atoms with E-state index < -0.39 is 0 Å². The number of hydrogen-bond donors (Lipinski definition) is 1. The third kappa shape index (κ3) is 6.83. The molecule has 3 aromatic carbocycles. The summed E-state index contributed by atoms with van der Waals surface area (Å²) in [5.41, 5.74) is 6.09. The van der Waals surface area contributed by atoms with E-state index in [1.54, 1.807) is 23.5 Å². The van der Waals surface area contributed by atoms with E-state index >= 15 is 0 Å². The molecule has 40 heavy (non-hydrogen) atoms. The summed E-state index contributed by atoms with van der Waals surface area (Å²) in [7, 11) is 0. The number of rotatable bonds is 7. The Kier molecular flexibility index (Phi) is 8.43. The van der Waals surface area contributed by atoms with Crippen molar-refractivity contribution in [2.45, 2.75) is 53.6 Å². The van der Waals surface area contributed by atoms with Crippen LogP contribution in [-0.2, 0) is 19.4 Å². The van der Waals surface area contributed by atoms with Crippen LogP contribution in [-0.4, -0.2) is 12.1 Å². The van der Waals surface area contributed by atoms with E-state index in [9.17, 15) is 4.79 Å². The van der Waals surface area contributed by atoms with E-state index in [2.05, 4.69) is 57.3 Å². The van der Waals surface area contributed by atoms with Crippen molar-refractivity contribution in [1.29, 1.82) is 0 Å². The molecule has 6 heteroatoms. The Balaban J connectivity index is 1.36. The molecule has 0 bridgehead atoms. The maximum Gasteiger partial charge on any atom is 0.259 e. The number of fused-ring (bicyclic) bond motifs is 1. The highest BCUT2D eigenvalue weighted by atomic mass is 35.5. The lowest BCUT2D eigenvalue weighted by Crippen LogP contribution is -2.27. The first-order chi connectivity index (χ1) is 19.2. The van der Waals surface area contributed by atoms with Gasteiger partial charge in [0.2, 0.25) is 0 Å². The second kappa shape index (κ2) is 12.0. The summed E-state index contributed by atoms with van der Waals surface area (Å²) in [4.78, 5) is 19.7. The summed E-state index contributed by atoms with van der Waals surface area (Å²) in [6.07, 6.45) is 4.77. The van der Waals surface area contributed by atoms with E-state index in [1.165, 1.54) is 10.4 Å². The van der Waals surface area contributed by atoms with Gasteiger partial charge in [0.05, 0.1) is 5.56 Å². The quantitative estimate of drug-likeness (QED) is 0.225. The van der Waals surface area contributed by atoms with Crippen LogP contribution in [0.15, 0.2) is 77.8 Å². The SMILES string of the molecule is Cc1ccc(COc2ccc(C=Nc3sc4c(c3C(=O)Nc3ccc(Cl)cc3)CC[C@@H](C(C)(C)C)C4)cc2)cc1. The van der Waals surface area contributed by atoms with Crippen LogP contribution in [0.5, 0.6) is 5.75 Å². The van der Waals surface area contributed by atoms with Gasteiger partial charge in [-0.1, -0.05) is 62.2 Å². The van der Waals surface area contributed by atoms with Crippen molar-refractivity contribution in [3.05, 3.63) is 111 Å². The maximum atomic E-state index is 13.6. The monoisotopic (exact) mass is 570 g/mol. The molecule has 1 N–H and O–H groups in total. The summed E-state index contributed by atoms with van der Waals surface area (Å²) in [5, 5.41) is 4.45. The number of carbonyl (C=O) groups excluding carboxylic acids is 1. The number of aryl methyl sites for hydroxylation is 1. The lowest BCUT2D eigenvalue weighted by atomic mass is 9.72. The number of ether oxygens (including phenoxy) is 1. The van der Waals surface area contributed by atoms with Crippen molar-refractivity contribution >= 4 is 45.7 Å². The molecule has 0 radical (unpaired) electrons. The minimum absolute atomic E-state index is 0.124. The number of hydrogen-bond acceptors (Lipinski definition) is 4. The second-order valence-electron chi connectivity index (χ2n) is 11.6. The Morgan fingerprint density at radius 1 is 1.05 bits per heavy atom. The lowest BCUT2D eigenvalue weighted by Gasteiger charge is -2.33. The summed E-state index contributed by atoms with van der Waals surface area (Å²) in [6.45, 7) is 9.51. The molecule has 1 amide bonds. The maximum absolute atomic E-state index is 13.6. The van der Waals surface area contributed by atoms with E-state index in [0.29, 0.717) is 28.8 Å². The molecule has 5 rings (SSSR count). The van der Waals surface area contributed by atoms with Crippen LogP contribution in [0.25, 0.3) is 0 Å². The number of nitrogens with one attached hydrogen (secondary N) is 1. The summed E-state index contributed by atoms with van der Waals surface area (Å²) in [5.74, 6) is 1.26. The van der Waals surface area contributed by atoms with Crippen molar-refractivity contribution in [2.24, 2.45) is 16.3 Å². The Hall–Kier alpha value is -3.41. The van der Waals surface area contributed by atoms with Gasteiger partial charge in [-0.2, -0.15) is 0 Å². The number of amides is 1. The van der Waals surface area contributed by atoms with Gasteiger partial charge < -0.3 is 10.1 Å². The van der Waals surface area contributed by atoms with E-state index in [4.69, 9.17) is 21.3 Å². The lowest BCUT2D eigenvalue weighted by molar-refractivity contribution is 0.102. The summed E-state index contributed by atoms with van der Waals surface area (Å²) in [6, 6.07) is 23.4. The van der Waals surface area contributed by atoms with Crippen LogP contribution in [0.3, 0.4) is 0 Å². The van der Waals surface area contributed by atoms with Gasteiger partial charge in [0.25, 0.3) is 5.91 Å². The standard InChI is InChI=1S/C34H35ClN2O2S/c1-22-5-7-24(8-6-22)21-39-28-16-9-23(10-17-28)20-36-33-31(32(38)37-27-14-12-26(35)13-15-27)29-18-11-25(34(2,3)4)19-30(29)40-33/h5-10,12-17,20,25H,11,18-19,21H2,1-4H3,(H,37,38)/t25-/m1/s1. The molecule has 4 nitrogen and oxygen atoms in total. The van der Waals surface area contributed by atoms with Gasteiger partial charge in [0.1, 0.15) is 17.4 Å². The fourth-order valence-corrected chi connectivity index (χ4v) is 6.39. The van der Waals surface area contributed by atoms with Crippen LogP contribution in [0, 0.1) is 18.3 Å². The highest BCUT2D eigenvalue weighted by molar-refractivity contribution is 7.16. The van der Waals surface area contributed by atoms with Gasteiger partial charge in [-0.3, -0.25) is 4.79 Å². The zero-order chi connectivity index (χ0) is 28.3. The van der Waals surface area contributed by atoms with Crippen LogP contribution >= 0.6 is 22.9 Å². The van der Waals surface area contributed by atoms with Gasteiger partial charge in [-0.25, -0.2) is 4.99 Å². The normalized spacial score (nSPS) is 15.2. The molecule has 0 aliphatic heterocycles. The third-order valence-corrected chi connectivity index (χ3v) is 8.95. The number of nitrogens with zero attached hydrogens (tertiary/aromatic N) is 1. The molecule has 0 spiro atoms. The molecular weight excluding hydrogens is 536 g/mol. The molecular formula is C34H35ClN2O2S. The minimum Gasteiger partial charge on any atom is -0.489 e. The van der Waals surface area contributed by atoms with Crippen LogP contribution in [0.2, 0.25) is 5.02 Å². The fourth-order valence-electron chi connectivity index (χ4n) is 5.00. The first kappa shape index (κ1) is 28.1. The molecule has 1 heterocycles. The molecule has 1 aromatic heterocycles. The molecule has 1 aliphatic carbocycles. The second-order valence-corrected chi connectivity index (χ2v) is 13.1. The topological polar surface area (TPSA) is 50.7 Å². The third-order valence-electron chi connectivity index (χ3n) is 7.54. The number of thiophene rings is 1. The minimum atomic E-state index is -0.124. The van der Waals surface area contributed by atoms with Gasteiger partial charge in [0, 0.05) is 21.8 Å². The molecule has 206 valence electrons. The average Bonchev–Trinajstić information content (AvgIpc) is 3.31. The summed E-state index contributed by atoms with van der Waals surface area (Å²) >= 11 is 7.69. The van der Waals surface area contributed by atoms with E-state index in [0.717, 1.165) is 46.7 Å². The smallest absolute Gasteiger partial charge is 0.259 e. The van der Waals surface area contributed by atoms with Gasteiger partial charge in [0.15, 0.2) is 0 Å². The van der Waals surface area contributed by atoms with Crippen molar-refractivity contribution in [3.63, 3.8) is 0 Å². The number of carbonyl (C=O) groups is 1. The van der Waals surface area contributed by atoms with Crippen molar-refractivity contribution < 1.29 is 9.53 Å².